The number of terminal acetylenes is 1. The molecule has 0 bridgehead atoms. The van der Waals surface area contributed by atoms with Gasteiger partial charge in [-0.2, -0.15) is 8.42 Å². The molecule has 1 atom stereocenters. The highest BCUT2D eigenvalue weighted by Gasteiger charge is 2.24. The van der Waals surface area contributed by atoms with Gasteiger partial charge in [0.25, 0.3) is 10.1 Å². The number of hydrogen-bond donors (Lipinski definition) is 0. The van der Waals surface area contributed by atoms with Crippen LogP contribution in [0.25, 0.3) is 0 Å². The molecule has 5 nitrogen and oxygen atoms in total. The summed E-state index contributed by atoms with van der Waals surface area (Å²) in [5.41, 5.74) is 0.917. The fraction of sp³-hybridized carbons (Fsp3) is 0.308. The molecule has 0 fully saturated rings. The Bertz CT molecular complexity index is 580. The Balaban J connectivity index is 2.77. The van der Waals surface area contributed by atoms with Gasteiger partial charge in [-0.05, 0) is 26.0 Å². The summed E-state index contributed by atoms with van der Waals surface area (Å²) in [5, 5.41) is 0. The number of rotatable bonds is 5. The zero-order valence-electron chi connectivity index (χ0n) is 10.6. The van der Waals surface area contributed by atoms with Gasteiger partial charge < -0.3 is 4.74 Å². The summed E-state index contributed by atoms with van der Waals surface area (Å²) in [6.45, 7) is 2.89. The molecule has 102 valence electrons. The van der Waals surface area contributed by atoms with Crippen molar-refractivity contribution in [1.82, 2.24) is 0 Å². The molecule has 0 aromatic heterocycles. The van der Waals surface area contributed by atoms with E-state index in [2.05, 4.69) is 10.7 Å². The number of aryl methyl sites for hydroxylation is 1. The third-order valence-electron chi connectivity index (χ3n) is 2.21. The van der Waals surface area contributed by atoms with E-state index in [0.717, 1.165) is 5.56 Å². The summed E-state index contributed by atoms with van der Waals surface area (Å²) >= 11 is 0. The first-order chi connectivity index (χ1) is 8.86. The third-order valence-corrected chi connectivity index (χ3v) is 3.60. The van der Waals surface area contributed by atoms with Gasteiger partial charge >= 0.3 is 5.97 Å². The van der Waals surface area contributed by atoms with E-state index in [1.807, 2.05) is 6.92 Å². The van der Waals surface area contributed by atoms with Crippen LogP contribution in [0.15, 0.2) is 29.2 Å². The predicted molar refractivity (Wildman–Crippen MR) is 68.7 cm³/mol. The summed E-state index contributed by atoms with van der Waals surface area (Å²) < 4.78 is 33.1. The first-order valence-corrected chi connectivity index (χ1v) is 6.87. The fourth-order valence-corrected chi connectivity index (χ4v) is 2.26. The zero-order valence-corrected chi connectivity index (χ0v) is 11.4. The summed E-state index contributed by atoms with van der Waals surface area (Å²) in [4.78, 5) is 11.3. The van der Waals surface area contributed by atoms with Gasteiger partial charge in [0, 0.05) is 0 Å². The normalized spacial score (nSPS) is 12.5. The number of carbonyl (C=O) groups is 1. The van der Waals surface area contributed by atoms with Crippen LogP contribution in [-0.2, 0) is 23.8 Å². The minimum Gasteiger partial charge on any atom is -0.451 e. The second-order valence-electron chi connectivity index (χ2n) is 3.82. The fourth-order valence-electron chi connectivity index (χ4n) is 1.22. The summed E-state index contributed by atoms with van der Waals surface area (Å²) in [6, 6.07) is 6.09. The number of carbonyl (C=O) groups excluding carboxylic acids is 1. The van der Waals surface area contributed by atoms with E-state index in [1.165, 1.54) is 19.1 Å². The zero-order chi connectivity index (χ0) is 14.5. The number of ether oxygens (including phenoxy) is 1. The largest absolute Gasteiger partial charge is 0.451 e. The van der Waals surface area contributed by atoms with Crippen molar-refractivity contribution in [3.63, 3.8) is 0 Å². The maximum atomic E-state index is 11.9. The lowest BCUT2D eigenvalue weighted by Crippen LogP contribution is -2.26. The lowest BCUT2D eigenvalue weighted by molar-refractivity contribution is -0.149. The minimum atomic E-state index is -4.00. The Labute approximate surface area is 112 Å². The second-order valence-corrected chi connectivity index (χ2v) is 5.39. The highest BCUT2D eigenvalue weighted by molar-refractivity contribution is 7.86. The van der Waals surface area contributed by atoms with Gasteiger partial charge in [0.2, 0.25) is 0 Å². The van der Waals surface area contributed by atoms with Crippen LogP contribution >= 0.6 is 0 Å². The van der Waals surface area contributed by atoms with Crippen molar-refractivity contribution in [2.24, 2.45) is 0 Å². The Morgan fingerprint density at radius 3 is 2.47 bits per heavy atom. The van der Waals surface area contributed by atoms with E-state index in [-0.39, 0.29) is 11.5 Å². The SMILES string of the molecule is C#CCOC(=O)C(C)OS(=O)(=O)c1ccc(C)cc1. The molecule has 0 saturated heterocycles. The molecule has 0 N–H and O–H groups in total. The lowest BCUT2D eigenvalue weighted by atomic mass is 10.2. The standard InChI is InChI=1S/C13H14O5S/c1-4-9-17-13(14)11(3)18-19(15,16)12-7-5-10(2)6-8-12/h1,5-8,11H,9H2,2-3H3. The topological polar surface area (TPSA) is 69.7 Å². The van der Waals surface area contributed by atoms with Crippen LogP contribution in [0, 0.1) is 19.3 Å². The van der Waals surface area contributed by atoms with E-state index < -0.39 is 22.2 Å². The summed E-state index contributed by atoms with van der Waals surface area (Å²) in [6.07, 6.45) is 3.67. The maximum absolute atomic E-state index is 11.9. The number of esters is 1. The molecule has 0 radical (unpaired) electrons. The quantitative estimate of drug-likeness (QED) is 0.462. The third kappa shape index (κ3) is 4.39. The van der Waals surface area contributed by atoms with Crippen molar-refractivity contribution in [3.8, 4) is 12.3 Å². The summed E-state index contributed by atoms with van der Waals surface area (Å²) in [5.74, 6) is 1.28. The molecular formula is C13H14O5S. The summed E-state index contributed by atoms with van der Waals surface area (Å²) in [7, 11) is -4.00. The van der Waals surface area contributed by atoms with Gasteiger partial charge in [-0.1, -0.05) is 23.6 Å². The molecule has 0 spiro atoms. The van der Waals surface area contributed by atoms with Gasteiger partial charge in [0.1, 0.15) is 0 Å². The van der Waals surface area contributed by atoms with Crippen LogP contribution in [0.3, 0.4) is 0 Å². The monoisotopic (exact) mass is 282 g/mol. The van der Waals surface area contributed by atoms with Gasteiger partial charge in [-0.15, -0.1) is 6.42 Å². The average Bonchev–Trinajstić information content (AvgIpc) is 2.35. The Hall–Kier alpha value is -1.84. The first-order valence-electron chi connectivity index (χ1n) is 5.47. The molecule has 0 saturated carbocycles. The predicted octanol–water partition coefficient (Wildman–Crippen LogP) is 1.27. The molecule has 0 aliphatic heterocycles. The van der Waals surface area contributed by atoms with Crippen molar-refractivity contribution in [2.45, 2.75) is 24.8 Å². The highest BCUT2D eigenvalue weighted by atomic mass is 32.2. The van der Waals surface area contributed by atoms with Crippen molar-refractivity contribution in [2.75, 3.05) is 6.61 Å². The molecule has 1 rings (SSSR count). The van der Waals surface area contributed by atoms with Crippen molar-refractivity contribution in [3.05, 3.63) is 29.8 Å². The van der Waals surface area contributed by atoms with Crippen LogP contribution in [0.1, 0.15) is 12.5 Å². The Morgan fingerprint density at radius 1 is 1.37 bits per heavy atom. The smallest absolute Gasteiger partial charge is 0.337 e. The molecule has 0 aliphatic carbocycles. The van der Waals surface area contributed by atoms with Crippen LogP contribution < -0.4 is 0 Å². The second kappa shape index (κ2) is 6.36. The first kappa shape index (κ1) is 15.2. The molecule has 1 unspecified atom stereocenters. The van der Waals surface area contributed by atoms with Gasteiger partial charge in [-0.25, -0.2) is 4.79 Å². The van der Waals surface area contributed by atoms with Gasteiger partial charge in [-0.3, -0.25) is 4.18 Å². The molecule has 1 aromatic rings. The Morgan fingerprint density at radius 2 is 1.95 bits per heavy atom. The molecule has 0 aliphatic rings. The highest BCUT2D eigenvalue weighted by Crippen LogP contribution is 2.15. The van der Waals surface area contributed by atoms with Gasteiger partial charge in [0.05, 0.1) is 4.90 Å². The number of benzene rings is 1. The van der Waals surface area contributed by atoms with E-state index in [9.17, 15) is 13.2 Å². The molecule has 1 aromatic carbocycles. The molecule has 0 heterocycles. The van der Waals surface area contributed by atoms with Crippen LogP contribution in [0.5, 0.6) is 0 Å². The van der Waals surface area contributed by atoms with Crippen molar-refractivity contribution >= 4 is 16.1 Å². The van der Waals surface area contributed by atoms with Gasteiger partial charge in [0.15, 0.2) is 12.7 Å². The van der Waals surface area contributed by atoms with Crippen molar-refractivity contribution < 1.29 is 22.1 Å². The maximum Gasteiger partial charge on any atom is 0.337 e. The van der Waals surface area contributed by atoms with E-state index in [1.54, 1.807) is 12.1 Å². The molecular weight excluding hydrogens is 268 g/mol. The van der Waals surface area contributed by atoms with E-state index in [4.69, 9.17) is 10.6 Å². The lowest BCUT2D eigenvalue weighted by Gasteiger charge is -2.11. The molecule has 0 amide bonds. The molecule has 19 heavy (non-hydrogen) atoms. The number of hydrogen-bond acceptors (Lipinski definition) is 5. The van der Waals surface area contributed by atoms with Crippen LogP contribution in [0.2, 0.25) is 0 Å². The van der Waals surface area contributed by atoms with E-state index in [0.29, 0.717) is 0 Å². The Kier molecular flexibility index (Phi) is 5.10. The van der Waals surface area contributed by atoms with E-state index >= 15 is 0 Å². The average molecular weight is 282 g/mol. The molecule has 6 heteroatoms. The van der Waals surface area contributed by atoms with Crippen LogP contribution in [-0.4, -0.2) is 27.1 Å². The minimum absolute atomic E-state index is 0.0188. The van der Waals surface area contributed by atoms with Crippen molar-refractivity contribution in [1.29, 1.82) is 0 Å². The van der Waals surface area contributed by atoms with Crippen LogP contribution in [0.4, 0.5) is 0 Å².